The maximum absolute atomic E-state index is 13.5. The van der Waals surface area contributed by atoms with Crippen LogP contribution in [0.25, 0.3) is 22.5 Å². The Morgan fingerprint density at radius 1 is 1.07 bits per heavy atom. The second-order valence-electron chi connectivity index (χ2n) is 9.48. The van der Waals surface area contributed by atoms with Gasteiger partial charge in [-0.3, -0.25) is 14.2 Å². The number of esters is 1. The second kappa shape index (κ2) is 11.1. The topological polar surface area (TPSA) is 99.3 Å². The molecule has 9 nitrogen and oxygen atoms in total. The maximum atomic E-state index is 13.5. The molecular formula is C27H24Cl2FN5O4S. The molecule has 0 spiro atoms. The molecule has 0 bridgehead atoms. The quantitative estimate of drug-likeness (QED) is 0.294. The molecule has 3 heterocycles. The molecule has 4 aromatic rings. The summed E-state index contributed by atoms with van der Waals surface area (Å²) < 4.78 is 21.5. The SMILES string of the molecule is COC(=O)C1(n2cc(-c3cc(Cl)cc(Cl)c3)nn2)CCN(C(=O)Cn2c(-c3ccc(F)cc3)c(C)sc2=O)CC1. The van der Waals surface area contributed by atoms with Gasteiger partial charge in [0.1, 0.15) is 18.1 Å². The predicted molar refractivity (Wildman–Crippen MR) is 150 cm³/mol. The van der Waals surface area contributed by atoms with Crippen LogP contribution in [-0.4, -0.2) is 56.5 Å². The van der Waals surface area contributed by atoms with Crippen LogP contribution in [0.3, 0.4) is 0 Å². The molecule has 1 aliphatic heterocycles. The highest BCUT2D eigenvalue weighted by molar-refractivity contribution is 7.09. The largest absolute Gasteiger partial charge is 0.467 e. The van der Waals surface area contributed by atoms with Crippen molar-refractivity contribution in [3.8, 4) is 22.5 Å². The van der Waals surface area contributed by atoms with Crippen LogP contribution < -0.4 is 4.87 Å². The normalized spacial score (nSPS) is 14.8. The van der Waals surface area contributed by atoms with Crippen molar-refractivity contribution < 1.29 is 18.7 Å². The number of piperidine rings is 1. The van der Waals surface area contributed by atoms with Gasteiger partial charge in [-0.05, 0) is 55.0 Å². The number of hydrogen-bond donors (Lipinski definition) is 0. The van der Waals surface area contributed by atoms with Gasteiger partial charge in [-0.2, -0.15) is 0 Å². The number of methoxy groups -OCH3 is 1. The highest BCUT2D eigenvalue weighted by Gasteiger charge is 2.46. The summed E-state index contributed by atoms with van der Waals surface area (Å²) >= 11 is 13.3. The molecule has 40 heavy (non-hydrogen) atoms. The number of halogens is 3. The van der Waals surface area contributed by atoms with Gasteiger partial charge in [0.15, 0.2) is 5.54 Å². The fourth-order valence-electron chi connectivity index (χ4n) is 5.01. The first-order valence-corrected chi connectivity index (χ1v) is 13.9. The van der Waals surface area contributed by atoms with Crippen LogP contribution in [-0.2, 0) is 26.4 Å². The van der Waals surface area contributed by atoms with E-state index in [0.29, 0.717) is 32.6 Å². The van der Waals surface area contributed by atoms with E-state index < -0.39 is 11.5 Å². The van der Waals surface area contributed by atoms with E-state index in [0.717, 1.165) is 16.2 Å². The van der Waals surface area contributed by atoms with Crippen molar-refractivity contribution in [3.63, 3.8) is 0 Å². The average Bonchev–Trinajstić information content (AvgIpc) is 3.53. The van der Waals surface area contributed by atoms with E-state index in [1.54, 1.807) is 48.4 Å². The predicted octanol–water partition coefficient (Wildman–Crippen LogP) is 4.78. The van der Waals surface area contributed by atoms with E-state index in [1.807, 2.05) is 0 Å². The number of aryl methyl sites for hydroxylation is 1. The summed E-state index contributed by atoms with van der Waals surface area (Å²) in [7, 11) is 1.30. The smallest absolute Gasteiger partial charge is 0.334 e. The van der Waals surface area contributed by atoms with Gasteiger partial charge in [0.25, 0.3) is 0 Å². The van der Waals surface area contributed by atoms with Crippen LogP contribution in [0.15, 0.2) is 53.5 Å². The first-order valence-electron chi connectivity index (χ1n) is 12.3. The molecule has 1 saturated heterocycles. The molecule has 5 rings (SSSR count). The van der Waals surface area contributed by atoms with Gasteiger partial charge in [-0.25, -0.2) is 13.9 Å². The summed E-state index contributed by atoms with van der Waals surface area (Å²) in [6.45, 7) is 2.08. The van der Waals surface area contributed by atoms with E-state index in [4.69, 9.17) is 27.9 Å². The van der Waals surface area contributed by atoms with Crippen LogP contribution in [0.4, 0.5) is 4.39 Å². The number of aromatic nitrogens is 4. The van der Waals surface area contributed by atoms with Gasteiger partial charge in [-0.15, -0.1) is 5.10 Å². The Morgan fingerprint density at radius 3 is 2.35 bits per heavy atom. The van der Waals surface area contributed by atoms with Gasteiger partial charge < -0.3 is 9.64 Å². The first kappa shape index (κ1) is 28.0. The third-order valence-corrected chi connectivity index (χ3v) is 8.41. The summed E-state index contributed by atoms with van der Waals surface area (Å²) in [4.78, 5) is 41.2. The number of carbonyl (C=O) groups is 2. The van der Waals surface area contributed by atoms with E-state index in [-0.39, 0.29) is 49.1 Å². The van der Waals surface area contributed by atoms with Crippen molar-refractivity contribution in [1.82, 2.24) is 24.5 Å². The van der Waals surface area contributed by atoms with Gasteiger partial charge in [0, 0.05) is 46.4 Å². The Balaban J connectivity index is 1.36. The monoisotopic (exact) mass is 603 g/mol. The summed E-state index contributed by atoms with van der Waals surface area (Å²) in [6.07, 6.45) is 2.10. The zero-order valence-corrected chi connectivity index (χ0v) is 23.9. The number of benzene rings is 2. The zero-order chi connectivity index (χ0) is 28.6. The minimum Gasteiger partial charge on any atom is -0.467 e. The fraction of sp³-hybridized carbons (Fsp3) is 0.296. The maximum Gasteiger partial charge on any atom is 0.334 e. The molecule has 1 fully saturated rings. The molecule has 2 aromatic heterocycles. The van der Waals surface area contributed by atoms with Crippen LogP contribution in [0.1, 0.15) is 17.7 Å². The zero-order valence-electron chi connectivity index (χ0n) is 21.6. The van der Waals surface area contributed by atoms with E-state index in [2.05, 4.69) is 10.3 Å². The molecule has 0 aliphatic carbocycles. The molecule has 0 atom stereocenters. The van der Waals surface area contributed by atoms with Gasteiger partial charge in [0.05, 0.1) is 19.0 Å². The Labute approximate surface area is 242 Å². The number of ether oxygens (including phenoxy) is 1. The number of thiazole rings is 1. The standard InChI is InChI=1S/C27H24Cl2FN5O4S/c1-16-24(17-3-5-21(30)6-4-17)34(26(38)40-16)15-23(36)33-9-7-27(8-10-33,25(37)39-2)35-14-22(31-32-35)18-11-19(28)13-20(29)12-18/h3-6,11-14H,7-10,15H2,1-2H3. The van der Waals surface area contributed by atoms with Crippen LogP contribution in [0, 0.1) is 12.7 Å². The summed E-state index contributed by atoms with van der Waals surface area (Å²) in [6, 6.07) is 10.8. The lowest BCUT2D eigenvalue weighted by Crippen LogP contribution is -2.53. The van der Waals surface area contributed by atoms with Gasteiger partial charge in [0.2, 0.25) is 5.91 Å². The van der Waals surface area contributed by atoms with Crippen molar-refractivity contribution in [1.29, 1.82) is 0 Å². The third-order valence-electron chi connectivity index (χ3n) is 7.07. The Hall–Kier alpha value is -3.54. The number of rotatable bonds is 6. The lowest BCUT2D eigenvalue weighted by atomic mass is 9.87. The number of likely N-dealkylation sites (tertiary alicyclic amines) is 1. The number of carbonyl (C=O) groups excluding carboxylic acids is 2. The number of hydrogen-bond acceptors (Lipinski definition) is 7. The molecule has 0 radical (unpaired) electrons. The first-order chi connectivity index (χ1) is 19.1. The molecule has 0 unspecified atom stereocenters. The molecule has 2 aromatic carbocycles. The molecule has 1 amide bonds. The molecule has 0 saturated carbocycles. The van der Waals surface area contributed by atoms with E-state index in [1.165, 1.54) is 28.5 Å². The molecule has 13 heteroatoms. The minimum atomic E-state index is -1.17. The lowest BCUT2D eigenvalue weighted by molar-refractivity contribution is -0.157. The Morgan fingerprint density at radius 2 is 1.73 bits per heavy atom. The number of amides is 1. The highest BCUT2D eigenvalue weighted by Crippen LogP contribution is 2.34. The molecular weight excluding hydrogens is 580 g/mol. The number of nitrogens with zero attached hydrogens (tertiary/aromatic N) is 5. The van der Waals surface area contributed by atoms with Crippen LogP contribution in [0.5, 0.6) is 0 Å². The summed E-state index contributed by atoms with van der Waals surface area (Å²) in [5.41, 5.74) is 1.18. The van der Waals surface area contributed by atoms with Gasteiger partial charge >= 0.3 is 10.8 Å². The molecule has 208 valence electrons. The van der Waals surface area contributed by atoms with Crippen LogP contribution in [0.2, 0.25) is 10.0 Å². The summed E-state index contributed by atoms with van der Waals surface area (Å²) in [5.74, 6) is -1.15. The molecule has 1 aliphatic rings. The molecule has 0 N–H and O–H groups in total. The van der Waals surface area contributed by atoms with Crippen LogP contribution >= 0.6 is 34.5 Å². The van der Waals surface area contributed by atoms with E-state index >= 15 is 0 Å². The van der Waals surface area contributed by atoms with E-state index in [9.17, 15) is 18.8 Å². The second-order valence-corrected chi connectivity index (χ2v) is 11.5. The third kappa shape index (κ3) is 5.28. The highest BCUT2D eigenvalue weighted by atomic mass is 35.5. The Bertz CT molecular complexity index is 1620. The van der Waals surface area contributed by atoms with Crippen molar-refractivity contribution in [2.24, 2.45) is 0 Å². The van der Waals surface area contributed by atoms with Crippen molar-refractivity contribution >= 4 is 46.4 Å². The average molecular weight is 604 g/mol. The minimum absolute atomic E-state index is 0.176. The van der Waals surface area contributed by atoms with Crippen molar-refractivity contribution in [2.75, 3.05) is 20.2 Å². The Kier molecular flexibility index (Phi) is 7.80. The van der Waals surface area contributed by atoms with Crippen molar-refractivity contribution in [3.05, 3.63) is 79.1 Å². The van der Waals surface area contributed by atoms with Gasteiger partial charge in [-0.1, -0.05) is 39.8 Å². The lowest BCUT2D eigenvalue weighted by Gasteiger charge is -2.39. The van der Waals surface area contributed by atoms with Crippen molar-refractivity contribution in [2.45, 2.75) is 31.8 Å². The summed E-state index contributed by atoms with van der Waals surface area (Å²) in [5, 5.41) is 9.32. The fourth-order valence-corrected chi connectivity index (χ4v) is 6.39.